The fourth-order valence-corrected chi connectivity index (χ4v) is 11.0. The molecular weight excluding hydrogens is 520 g/mol. The normalized spacial score (nSPS) is 23.9. The van der Waals surface area contributed by atoms with E-state index >= 15 is 0 Å². The predicted octanol–water partition coefficient (Wildman–Crippen LogP) is 4.80. The van der Waals surface area contributed by atoms with E-state index in [1.807, 2.05) is 65.6 Å². The van der Waals surface area contributed by atoms with E-state index in [4.69, 9.17) is 9.47 Å². The van der Waals surface area contributed by atoms with Gasteiger partial charge >= 0.3 is 0 Å². The monoisotopic (exact) mass is 558 g/mol. The molecule has 8 heteroatoms. The number of amides is 2. The number of rotatable bonds is 8. The summed E-state index contributed by atoms with van der Waals surface area (Å²) in [6.07, 6.45) is 0.223. The van der Waals surface area contributed by atoms with Gasteiger partial charge in [0.2, 0.25) is 5.91 Å². The van der Waals surface area contributed by atoms with Crippen LogP contribution in [0.25, 0.3) is 0 Å². The summed E-state index contributed by atoms with van der Waals surface area (Å²) in [7, 11) is -0.538. The van der Waals surface area contributed by atoms with Crippen molar-refractivity contribution in [3.63, 3.8) is 0 Å². The lowest BCUT2D eigenvalue weighted by Crippen LogP contribution is -2.51. The van der Waals surface area contributed by atoms with Crippen molar-refractivity contribution in [1.29, 1.82) is 0 Å². The van der Waals surface area contributed by atoms with Crippen molar-refractivity contribution in [2.75, 3.05) is 23.9 Å². The van der Waals surface area contributed by atoms with Crippen LogP contribution in [0.15, 0.2) is 72.8 Å². The molecule has 210 valence electrons. The van der Waals surface area contributed by atoms with Crippen LogP contribution in [-0.4, -0.2) is 44.8 Å². The van der Waals surface area contributed by atoms with Crippen LogP contribution in [0, 0.1) is 5.92 Å². The Hall–Kier alpha value is -3.46. The van der Waals surface area contributed by atoms with Crippen molar-refractivity contribution in [2.24, 2.45) is 5.92 Å². The van der Waals surface area contributed by atoms with Gasteiger partial charge < -0.3 is 24.8 Å². The lowest BCUT2D eigenvalue weighted by atomic mass is 9.82. The molecule has 0 aliphatic carbocycles. The van der Waals surface area contributed by atoms with Gasteiger partial charge in [-0.05, 0) is 47.9 Å². The number of ether oxygens (including phenoxy) is 2. The Morgan fingerprint density at radius 3 is 2.38 bits per heavy atom. The summed E-state index contributed by atoms with van der Waals surface area (Å²) in [5.41, 5.74) is 2.41. The molecule has 4 atom stereocenters. The zero-order valence-electron chi connectivity index (χ0n) is 23.8. The highest BCUT2D eigenvalue weighted by Crippen LogP contribution is 2.60. The van der Waals surface area contributed by atoms with E-state index in [9.17, 15) is 14.7 Å². The van der Waals surface area contributed by atoms with Gasteiger partial charge in [0.1, 0.15) is 5.75 Å². The smallest absolute Gasteiger partial charge is 0.264 e. The predicted molar refractivity (Wildman–Crippen MR) is 160 cm³/mol. The Morgan fingerprint density at radius 1 is 1.07 bits per heavy atom. The van der Waals surface area contributed by atoms with Crippen LogP contribution < -0.4 is 20.1 Å². The Balaban J connectivity index is 1.52. The zero-order chi connectivity index (χ0) is 28.7. The first-order valence-electron chi connectivity index (χ1n) is 13.8. The van der Waals surface area contributed by atoms with Gasteiger partial charge in [0.25, 0.3) is 5.91 Å². The average molecular weight is 559 g/mol. The Kier molecular flexibility index (Phi) is 7.61. The Morgan fingerprint density at radius 2 is 1.75 bits per heavy atom. The molecule has 2 aliphatic rings. The molecule has 1 fully saturated rings. The second kappa shape index (κ2) is 10.8. The minimum Gasteiger partial charge on any atom is -0.497 e. The average Bonchev–Trinajstić information content (AvgIpc) is 3.37. The maximum Gasteiger partial charge on any atom is 0.264 e. The van der Waals surface area contributed by atoms with Gasteiger partial charge in [-0.15, -0.1) is 0 Å². The minimum absolute atomic E-state index is 0.00272. The molecule has 2 N–H and O–H groups in total. The highest BCUT2D eigenvalue weighted by Gasteiger charge is 2.66. The molecule has 0 aromatic heterocycles. The lowest BCUT2D eigenvalue weighted by Gasteiger charge is -2.37. The second-order valence-corrected chi connectivity index (χ2v) is 16.1. The first kappa shape index (κ1) is 28.1. The van der Waals surface area contributed by atoms with Gasteiger partial charge in [0, 0.05) is 30.7 Å². The van der Waals surface area contributed by atoms with Crippen molar-refractivity contribution < 1.29 is 24.2 Å². The van der Waals surface area contributed by atoms with Crippen molar-refractivity contribution in [3.8, 4) is 5.75 Å². The van der Waals surface area contributed by atoms with E-state index in [1.165, 1.54) is 12.1 Å². The van der Waals surface area contributed by atoms with Crippen molar-refractivity contribution >= 4 is 36.4 Å². The summed E-state index contributed by atoms with van der Waals surface area (Å²) in [6.45, 7) is 8.69. The molecule has 0 unspecified atom stereocenters. The Labute approximate surface area is 237 Å². The summed E-state index contributed by atoms with van der Waals surface area (Å²) in [4.78, 5) is 27.8. The molecule has 3 aromatic rings. The van der Waals surface area contributed by atoms with Gasteiger partial charge in [-0.3, -0.25) is 9.59 Å². The minimum atomic E-state index is -2.20. The van der Waals surface area contributed by atoms with Gasteiger partial charge in [-0.2, -0.15) is 0 Å². The summed E-state index contributed by atoms with van der Waals surface area (Å²) in [5.74, 6) is 0.526. The van der Waals surface area contributed by atoms with Gasteiger partial charge in [-0.1, -0.05) is 67.7 Å². The fourth-order valence-electron chi connectivity index (χ4n) is 6.90. The highest BCUT2D eigenvalue weighted by molar-refractivity contribution is 6.91. The van der Waals surface area contributed by atoms with E-state index in [2.05, 4.69) is 37.5 Å². The number of hydrogen-bond acceptors (Lipinski definition) is 5. The topological polar surface area (TPSA) is 88.1 Å². The molecule has 0 radical (unpaired) electrons. The van der Waals surface area contributed by atoms with Crippen LogP contribution in [0.3, 0.4) is 0 Å². The maximum absolute atomic E-state index is 14.5. The number of anilines is 2. The molecule has 5 rings (SSSR count). The summed E-state index contributed by atoms with van der Waals surface area (Å²) < 4.78 is 12.3. The van der Waals surface area contributed by atoms with Crippen LogP contribution in [0.2, 0.25) is 18.6 Å². The quantitative estimate of drug-likeness (QED) is 0.388. The number of nitrogens with one attached hydrogen (secondary N) is 1. The Bertz CT molecular complexity index is 1390. The number of fused-ring (bicyclic) bond motifs is 2. The molecular formula is C32H38N2O5Si. The van der Waals surface area contributed by atoms with E-state index in [-0.39, 0.29) is 36.0 Å². The molecule has 2 heterocycles. The fraction of sp³-hybridized carbons (Fsp3) is 0.375. The number of carbonyl (C=O) groups excluding carboxylic acids is 2. The maximum atomic E-state index is 14.5. The van der Waals surface area contributed by atoms with Crippen LogP contribution in [0.5, 0.6) is 5.75 Å². The van der Waals surface area contributed by atoms with Crippen molar-refractivity contribution in [2.45, 2.75) is 57.2 Å². The van der Waals surface area contributed by atoms with Gasteiger partial charge in [0.15, 0.2) is 5.60 Å². The first-order chi connectivity index (χ1) is 19.1. The van der Waals surface area contributed by atoms with E-state index in [0.717, 1.165) is 22.6 Å². The number of aliphatic hydroxyl groups is 1. The number of aliphatic hydroxyl groups excluding tert-OH is 1. The number of benzene rings is 3. The SMILES string of the molecule is COc1ccc([Si](C)(C)[C@@H]2[C@@H](CCO)O[C@]3(C(=O)N(Cc4ccc(NC(C)=O)cc4)c4ccccc43)[C@H]2C)cc1. The molecule has 3 aromatic carbocycles. The van der Waals surface area contributed by atoms with E-state index in [0.29, 0.717) is 18.7 Å². The van der Waals surface area contributed by atoms with Gasteiger partial charge in [0.05, 0.1) is 33.5 Å². The third kappa shape index (κ3) is 4.64. The van der Waals surface area contributed by atoms with Gasteiger partial charge in [-0.25, -0.2) is 0 Å². The van der Waals surface area contributed by atoms with Crippen LogP contribution in [0.4, 0.5) is 11.4 Å². The van der Waals surface area contributed by atoms with Crippen LogP contribution in [0.1, 0.15) is 31.4 Å². The number of para-hydroxylation sites is 1. The molecule has 40 heavy (non-hydrogen) atoms. The number of carbonyl (C=O) groups is 2. The molecule has 0 bridgehead atoms. The van der Waals surface area contributed by atoms with Crippen LogP contribution >= 0.6 is 0 Å². The van der Waals surface area contributed by atoms with Crippen LogP contribution in [-0.2, 0) is 26.5 Å². The molecule has 1 saturated heterocycles. The van der Waals surface area contributed by atoms with E-state index < -0.39 is 13.7 Å². The summed E-state index contributed by atoms with van der Waals surface area (Å²) in [6, 6.07) is 23.8. The third-order valence-electron chi connectivity index (χ3n) is 8.77. The summed E-state index contributed by atoms with van der Waals surface area (Å²) >= 11 is 0. The zero-order valence-corrected chi connectivity index (χ0v) is 24.8. The molecule has 0 saturated carbocycles. The highest BCUT2D eigenvalue weighted by atomic mass is 28.3. The number of hydrogen-bond donors (Lipinski definition) is 2. The lowest BCUT2D eigenvalue weighted by molar-refractivity contribution is -0.146. The number of nitrogens with zero attached hydrogens (tertiary/aromatic N) is 1. The molecule has 7 nitrogen and oxygen atoms in total. The standard InChI is InChI=1S/C32H38N2O5Si/c1-21-30(40(4,5)26-16-14-25(38-3)15-17-26)29(18-19-35)39-32(21)27-8-6-7-9-28(27)34(31(32)37)20-23-10-12-24(13-11-23)33-22(2)36/h6-17,21,29-30,35H,18-20H2,1-5H3,(H,33,36)/t21-,29+,30-,32+/m0/s1. The number of methoxy groups -OCH3 is 1. The van der Waals surface area contributed by atoms with E-state index in [1.54, 1.807) is 7.11 Å². The largest absolute Gasteiger partial charge is 0.497 e. The second-order valence-electron chi connectivity index (χ2n) is 11.5. The van der Waals surface area contributed by atoms with Crippen molar-refractivity contribution in [3.05, 3.63) is 83.9 Å². The van der Waals surface area contributed by atoms with Crippen molar-refractivity contribution in [1.82, 2.24) is 0 Å². The third-order valence-corrected chi connectivity index (χ3v) is 13.1. The molecule has 1 spiro atoms. The first-order valence-corrected chi connectivity index (χ1v) is 16.9. The molecule has 2 aliphatic heterocycles. The summed E-state index contributed by atoms with van der Waals surface area (Å²) in [5, 5.41) is 14.1. The molecule has 2 amide bonds.